The standard InChI is InChI=1S/C24H24FN3O6/c1-34-8-2-7-28-21(31)19-16(9-12-3-6-17(29)18(30)10-12)27-24(20(19)22(28)32)14-11-13(25)4-5-15(14)26-23(24)33/h3-6,10-11,16,19-20,27,29-30H,2,7-9H2,1H3,(H,26,33)/t16-,19-,20+,24-/m1/s1. The maximum Gasteiger partial charge on any atom is 0.250 e. The summed E-state index contributed by atoms with van der Waals surface area (Å²) in [6, 6.07) is 7.53. The fourth-order valence-electron chi connectivity index (χ4n) is 5.55. The number of imide groups is 1. The van der Waals surface area contributed by atoms with Crippen molar-refractivity contribution in [2.24, 2.45) is 11.8 Å². The third kappa shape index (κ3) is 3.17. The number of hydrogen-bond acceptors (Lipinski definition) is 7. The Hall–Kier alpha value is -3.50. The Bertz CT molecular complexity index is 1200. The molecule has 1 spiro atoms. The number of aromatic hydroxyl groups is 2. The van der Waals surface area contributed by atoms with E-state index in [9.17, 15) is 29.0 Å². The molecule has 2 aromatic carbocycles. The van der Waals surface area contributed by atoms with Crippen LogP contribution in [0.2, 0.25) is 0 Å². The molecular weight excluding hydrogens is 445 g/mol. The highest BCUT2D eigenvalue weighted by atomic mass is 19.1. The number of amides is 3. The number of ether oxygens (including phenoxy) is 1. The molecule has 0 aromatic heterocycles. The summed E-state index contributed by atoms with van der Waals surface area (Å²) in [6.07, 6.45) is 0.640. The molecule has 0 bridgehead atoms. The number of halogens is 1. The normalized spacial score (nSPS) is 27.4. The van der Waals surface area contributed by atoms with Crippen LogP contribution < -0.4 is 10.6 Å². The zero-order valence-electron chi connectivity index (χ0n) is 18.4. The van der Waals surface area contributed by atoms with E-state index in [1.807, 2.05) is 0 Å². The molecule has 34 heavy (non-hydrogen) atoms. The van der Waals surface area contributed by atoms with Crippen molar-refractivity contribution in [1.29, 1.82) is 0 Å². The van der Waals surface area contributed by atoms with Gasteiger partial charge < -0.3 is 20.3 Å². The first-order valence-electron chi connectivity index (χ1n) is 11.0. The van der Waals surface area contributed by atoms with Gasteiger partial charge in [-0.3, -0.25) is 24.6 Å². The van der Waals surface area contributed by atoms with E-state index in [-0.39, 0.29) is 24.5 Å². The molecule has 5 rings (SSSR count). The molecule has 0 unspecified atom stereocenters. The third-order valence-electron chi connectivity index (χ3n) is 6.99. The minimum atomic E-state index is -1.60. The molecule has 2 fully saturated rings. The molecule has 178 valence electrons. The summed E-state index contributed by atoms with van der Waals surface area (Å²) >= 11 is 0. The van der Waals surface area contributed by atoms with Crippen molar-refractivity contribution in [3.05, 3.63) is 53.3 Å². The van der Waals surface area contributed by atoms with Crippen LogP contribution in [-0.2, 0) is 31.1 Å². The van der Waals surface area contributed by atoms with Crippen molar-refractivity contribution in [1.82, 2.24) is 10.2 Å². The molecule has 2 aromatic rings. The van der Waals surface area contributed by atoms with Gasteiger partial charge in [-0.25, -0.2) is 4.39 Å². The minimum absolute atomic E-state index is 0.152. The van der Waals surface area contributed by atoms with Gasteiger partial charge in [-0.15, -0.1) is 0 Å². The number of nitrogens with zero attached hydrogens (tertiary/aromatic N) is 1. The maximum atomic E-state index is 14.3. The van der Waals surface area contributed by atoms with Crippen LogP contribution in [0.5, 0.6) is 11.5 Å². The van der Waals surface area contributed by atoms with Crippen LogP contribution >= 0.6 is 0 Å². The van der Waals surface area contributed by atoms with Crippen molar-refractivity contribution >= 4 is 23.4 Å². The highest BCUT2D eigenvalue weighted by Gasteiger charge is 2.70. The van der Waals surface area contributed by atoms with Crippen molar-refractivity contribution in [3.8, 4) is 11.5 Å². The molecule has 3 heterocycles. The zero-order chi connectivity index (χ0) is 24.2. The van der Waals surface area contributed by atoms with Crippen LogP contribution in [0.1, 0.15) is 17.5 Å². The quantitative estimate of drug-likeness (QED) is 0.285. The van der Waals surface area contributed by atoms with Gasteiger partial charge in [-0.05, 0) is 48.7 Å². The number of nitrogens with one attached hydrogen (secondary N) is 2. The minimum Gasteiger partial charge on any atom is -0.504 e. The van der Waals surface area contributed by atoms with Crippen molar-refractivity contribution < 1.29 is 33.7 Å². The maximum absolute atomic E-state index is 14.3. The van der Waals surface area contributed by atoms with Crippen molar-refractivity contribution in [2.75, 3.05) is 25.6 Å². The number of likely N-dealkylation sites (tertiary alicyclic amines) is 1. The molecule has 3 amide bonds. The number of hydrogen-bond donors (Lipinski definition) is 4. The number of fused-ring (bicyclic) bond motifs is 4. The van der Waals surface area contributed by atoms with E-state index in [1.165, 1.54) is 42.3 Å². The van der Waals surface area contributed by atoms with Gasteiger partial charge in [0.25, 0.3) is 0 Å². The average molecular weight is 469 g/mol. The molecule has 3 aliphatic rings. The largest absolute Gasteiger partial charge is 0.504 e. The molecular formula is C24H24FN3O6. The van der Waals surface area contributed by atoms with Crippen LogP contribution in [0.4, 0.5) is 10.1 Å². The number of benzene rings is 2. The SMILES string of the molecule is COCCCN1C(=O)[C@H]2[C@@H](C1=O)[C@@]1(N[C@@H]2Cc2ccc(O)c(O)c2)C(=O)Nc2ccc(F)cc21. The molecule has 10 heteroatoms. The summed E-state index contributed by atoms with van der Waals surface area (Å²) in [6.45, 7) is 0.513. The first-order chi connectivity index (χ1) is 16.3. The Labute approximate surface area is 194 Å². The summed E-state index contributed by atoms with van der Waals surface area (Å²) in [7, 11) is 1.53. The summed E-state index contributed by atoms with van der Waals surface area (Å²) in [5.74, 6) is -4.49. The highest BCUT2D eigenvalue weighted by molar-refractivity contribution is 6.15. The van der Waals surface area contributed by atoms with Gasteiger partial charge in [-0.1, -0.05) is 6.07 Å². The number of rotatable bonds is 6. The van der Waals surface area contributed by atoms with Gasteiger partial charge >= 0.3 is 0 Å². The first-order valence-corrected chi connectivity index (χ1v) is 11.0. The summed E-state index contributed by atoms with van der Waals surface area (Å²) in [4.78, 5) is 41.6. The van der Waals surface area contributed by atoms with E-state index in [1.54, 1.807) is 6.07 Å². The van der Waals surface area contributed by atoms with Gasteiger partial charge in [0, 0.05) is 37.6 Å². The Balaban J connectivity index is 1.58. The fraction of sp³-hybridized carbons (Fsp3) is 0.375. The Morgan fingerprint density at radius 2 is 1.88 bits per heavy atom. The van der Waals surface area contributed by atoms with Crippen LogP contribution in [0, 0.1) is 17.7 Å². The smallest absolute Gasteiger partial charge is 0.250 e. The highest BCUT2D eigenvalue weighted by Crippen LogP contribution is 2.53. The molecule has 0 aliphatic carbocycles. The lowest BCUT2D eigenvalue weighted by Gasteiger charge is -2.29. The predicted molar refractivity (Wildman–Crippen MR) is 117 cm³/mol. The van der Waals surface area contributed by atoms with Crippen LogP contribution in [-0.4, -0.2) is 59.1 Å². The number of methoxy groups -OCH3 is 1. The van der Waals surface area contributed by atoms with E-state index in [2.05, 4.69) is 10.6 Å². The number of phenolic OH excluding ortho intramolecular Hbond substituents is 2. The van der Waals surface area contributed by atoms with Crippen molar-refractivity contribution in [3.63, 3.8) is 0 Å². The Morgan fingerprint density at radius 3 is 2.62 bits per heavy atom. The van der Waals surface area contributed by atoms with Gasteiger partial charge in [0.05, 0.1) is 11.8 Å². The zero-order valence-corrected chi connectivity index (χ0v) is 18.4. The van der Waals surface area contributed by atoms with E-state index < -0.39 is 47.0 Å². The average Bonchev–Trinajstić information content (AvgIpc) is 3.37. The fourth-order valence-corrected chi connectivity index (χ4v) is 5.55. The van der Waals surface area contributed by atoms with Crippen LogP contribution in [0.25, 0.3) is 0 Å². The Kier molecular flexibility index (Phi) is 5.29. The third-order valence-corrected chi connectivity index (χ3v) is 6.99. The van der Waals surface area contributed by atoms with E-state index in [4.69, 9.17) is 4.74 Å². The molecule has 2 saturated heterocycles. The molecule has 4 atom stereocenters. The lowest BCUT2D eigenvalue weighted by Crippen LogP contribution is -2.53. The Morgan fingerprint density at radius 1 is 1.09 bits per heavy atom. The van der Waals surface area contributed by atoms with E-state index >= 15 is 0 Å². The van der Waals surface area contributed by atoms with Gasteiger partial charge in [-0.2, -0.15) is 0 Å². The van der Waals surface area contributed by atoms with E-state index in [0.717, 1.165) is 0 Å². The van der Waals surface area contributed by atoms with Crippen LogP contribution in [0.15, 0.2) is 36.4 Å². The number of carbonyl (C=O) groups excluding carboxylic acids is 3. The second-order valence-corrected chi connectivity index (χ2v) is 8.91. The first kappa shape index (κ1) is 22.3. The molecule has 0 saturated carbocycles. The summed E-state index contributed by atoms with van der Waals surface area (Å²) in [5.41, 5.74) is -0.323. The van der Waals surface area contributed by atoms with Gasteiger partial charge in [0.15, 0.2) is 11.5 Å². The van der Waals surface area contributed by atoms with Crippen LogP contribution in [0.3, 0.4) is 0 Å². The van der Waals surface area contributed by atoms with Crippen molar-refractivity contribution in [2.45, 2.75) is 24.4 Å². The van der Waals surface area contributed by atoms with Gasteiger partial charge in [0.1, 0.15) is 11.4 Å². The topological polar surface area (TPSA) is 128 Å². The molecule has 9 nitrogen and oxygen atoms in total. The number of anilines is 1. The monoisotopic (exact) mass is 469 g/mol. The second kappa shape index (κ2) is 8.07. The lowest BCUT2D eigenvalue weighted by molar-refractivity contribution is -0.143. The summed E-state index contributed by atoms with van der Waals surface area (Å²) < 4.78 is 19.3. The molecule has 3 aliphatic heterocycles. The van der Waals surface area contributed by atoms with E-state index in [0.29, 0.717) is 29.8 Å². The number of phenols is 2. The lowest BCUT2D eigenvalue weighted by atomic mass is 9.76. The predicted octanol–water partition coefficient (Wildman–Crippen LogP) is 1.24. The second-order valence-electron chi connectivity index (χ2n) is 8.91. The number of carbonyl (C=O) groups is 3. The molecule has 4 N–H and O–H groups in total. The van der Waals surface area contributed by atoms with Gasteiger partial charge in [0.2, 0.25) is 17.7 Å². The summed E-state index contributed by atoms with van der Waals surface area (Å²) in [5, 5.41) is 25.5. The molecule has 0 radical (unpaired) electrons.